The zero-order chi connectivity index (χ0) is 29.9. The van der Waals surface area contributed by atoms with E-state index < -0.39 is 30.0 Å². The molecule has 2 aromatic carbocycles. The molecular weight excluding hydrogens is 564 g/mol. The largest absolute Gasteiger partial charge is 0.508 e. The Kier molecular flexibility index (Phi) is 7.00. The molecule has 8 nitrogen and oxygen atoms in total. The number of rotatable bonds is 6. The van der Waals surface area contributed by atoms with Crippen LogP contribution in [0, 0.1) is 11.6 Å². The molecule has 0 aliphatic carbocycles. The van der Waals surface area contributed by atoms with E-state index in [9.17, 15) is 13.9 Å². The van der Waals surface area contributed by atoms with Crippen LogP contribution < -0.4 is 9.64 Å². The predicted molar refractivity (Wildman–Crippen MR) is 155 cm³/mol. The number of fused-ring (bicyclic) bond motifs is 3. The van der Waals surface area contributed by atoms with Crippen LogP contribution in [0.15, 0.2) is 30.5 Å². The van der Waals surface area contributed by atoms with Crippen LogP contribution in [0.5, 0.6) is 11.8 Å². The molecule has 0 amide bonds. The van der Waals surface area contributed by atoms with E-state index in [0.29, 0.717) is 37.3 Å². The van der Waals surface area contributed by atoms with E-state index in [1.54, 1.807) is 0 Å². The third-order valence-corrected chi connectivity index (χ3v) is 9.21. The van der Waals surface area contributed by atoms with E-state index in [4.69, 9.17) is 9.72 Å². The summed E-state index contributed by atoms with van der Waals surface area (Å²) in [4.78, 5) is 20.3. The first-order valence-corrected chi connectivity index (χ1v) is 14.6. The summed E-state index contributed by atoms with van der Waals surface area (Å²) in [7, 11) is 2.03. The third-order valence-electron chi connectivity index (χ3n) is 9.21. The van der Waals surface area contributed by atoms with Gasteiger partial charge >= 0.3 is 6.01 Å². The standard InChI is InChI=1S/C31H32F4N6O2/c1-39-7-9-40(10-8-39)29-23-15-36-27(21-12-20(42)11-18-3-4-24(34)26(35)25(18)21)22(14-32)28(23)37-30(38-29)43-17-31-5-2-6-41(31)16-19(33)13-31/h3-4,11-12,15,19,42H,2,5-10,13-14,16-17H2,1H3/t19-,31+/m1/s1. The normalized spacial score (nSPS) is 23.0. The number of hydrogen-bond donors (Lipinski definition) is 1. The number of likely N-dealkylation sites (N-methyl/N-ethyl adjacent to an activating group) is 1. The molecule has 5 heterocycles. The molecule has 3 aliphatic rings. The highest BCUT2D eigenvalue weighted by atomic mass is 19.2. The molecule has 226 valence electrons. The SMILES string of the molecule is CN1CCN(c2nc(OC[C@@]34CCCN3C[C@H](F)C4)nc3c(CF)c(-c4cc(O)cc5ccc(F)c(F)c45)ncc23)CC1. The topological polar surface area (TPSA) is 77.9 Å². The van der Waals surface area contributed by atoms with E-state index in [-0.39, 0.29) is 51.5 Å². The number of halogens is 4. The Balaban J connectivity index is 1.38. The Labute approximate surface area is 245 Å². The fraction of sp³-hybridized carbons (Fsp3) is 0.452. The summed E-state index contributed by atoms with van der Waals surface area (Å²) in [5.41, 5.74) is -0.0771. The van der Waals surface area contributed by atoms with Crippen LogP contribution in [0.1, 0.15) is 24.8 Å². The molecule has 0 bridgehead atoms. The van der Waals surface area contributed by atoms with Crippen LogP contribution in [0.25, 0.3) is 32.9 Å². The van der Waals surface area contributed by atoms with Gasteiger partial charge in [0, 0.05) is 61.9 Å². The molecular formula is C31H32F4N6O2. The van der Waals surface area contributed by atoms with Crippen molar-refractivity contribution in [3.8, 4) is 23.0 Å². The molecule has 3 saturated heterocycles. The number of alkyl halides is 2. The minimum Gasteiger partial charge on any atom is -0.508 e. The molecule has 0 unspecified atom stereocenters. The average molecular weight is 597 g/mol. The molecule has 4 aromatic rings. The second kappa shape index (κ2) is 10.7. The Bertz CT molecular complexity index is 1720. The molecule has 0 saturated carbocycles. The Hall–Kier alpha value is -3.77. The van der Waals surface area contributed by atoms with Crippen molar-refractivity contribution < 1.29 is 27.4 Å². The summed E-state index contributed by atoms with van der Waals surface area (Å²) in [6.45, 7) is 3.28. The lowest BCUT2D eigenvalue weighted by Gasteiger charge is -2.34. The highest BCUT2D eigenvalue weighted by Crippen LogP contribution is 2.42. The minimum absolute atomic E-state index is 0.0333. The number of aromatic nitrogens is 3. The monoisotopic (exact) mass is 596 g/mol. The van der Waals surface area contributed by atoms with Gasteiger partial charge in [-0.05, 0) is 50.0 Å². The van der Waals surface area contributed by atoms with Crippen LogP contribution in [-0.2, 0) is 6.67 Å². The highest BCUT2D eigenvalue weighted by molar-refractivity contribution is 6.01. The van der Waals surface area contributed by atoms with Crippen LogP contribution in [-0.4, -0.2) is 94.5 Å². The van der Waals surface area contributed by atoms with Gasteiger partial charge in [-0.1, -0.05) is 6.07 Å². The molecule has 2 atom stereocenters. The van der Waals surface area contributed by atoms with Crippen molar-refractivity contribution in [1.29, 1.82) is 0 Å². The number of aromatic hydroxyl groups is 1. The molecule has 7 rings (SSSR count). The zero-order valence-electron chi connectivity index (χ0n) is 23.8. The summed E-state index contributed by atoms with van der Waals surface area (Å²) in [5, 5.41) is 11.1. The molecule has 0 spiro atoms. The first kappa shape index (κ1) is 28.0. The quantitative estimate of drug-likeness (QED) is 0.312. The number of anilines is 1. The van der Waals surface area contributed by atoms with Gasteiger partial charge in [-0.3, -0.25) is 9.88 Å². The molecule has 3 fully saturated rings. The van der Waals surface area contributed by atoms with Crippen LogP contribution in [0.3, 0.4) is 0 Å². The minimum atomic E-state index is -1.12. The number of piperazine rings is 1. The third kappa shape index (κ3) is 4.80. The number of hydrogen-bond acceptors (Lipinski definition) is 8. The first-order chi connectivity index (χ1) is 20.8. The van der Waals surface area contributed by atoms with Gasteiger partial charge in [0.2, 0.25) is 0 Å². The fourth-order valence-corrected chi connectivity index (χ4v) is 7.00. The van der Waals surface area contributed by atoms with Crippen molar-refractivity contribution in [2.45, 2.75) is 37.6 Å². The van der Waals surface area contributed by atoms with Crippen molar-refractivity contribution in [3.63, 3.8) is 0 Å². The van der Waals surface area contributed by atoms with E-state index in [1.165, 1.54) is 24.4 Å². The Morgan fingerprint density at radius 2 is 1.91 bits per heavy atom. The number of phenols is 1. The number of ether oxygens (including phenoxy) is 1. The maximum atomic E-state index is 15.1. The van der Waals surface area contributed by atoms with Gasteiger partial charge in [0.1, 0.15) is 31.0 Å². The van der Waals surface area contributed by atoms with Gasteiger partial charge in [0.25, 0.3) is 0 Å². The maximum Gasteiger partial charge on any atom is 0.319 e. The molecule has 43 heavy (non-hydrogen) atoms. The summed E-state index contributed by atoms with van der Waals surface area (Å²) < 4.78 is 65.2. The second-order valence-corrected chi connectivity index (χ2v) is 11.9. The number of pyridine rings is 1. The van der Waals surface area contributed by atoms with Gasteiger partial charge in [-0.2, -0.15) is 9.97 Å². The zero-order valence-corrected chi connectivity index (χ0v) is 23.8. The number of benzene rings is 2. The van der Waals surface area contributed by atoms with E-state index in [0.717, 1.165) is 38.5 Å². The van der Waals surface area contributed by atoms with Crippen molar-refractivity contribution in [2.24, 2.45) is 0 Å². The lowest BCUT2D eigenvalue weighted by atomic mass is 9.95. The van der Waals surface area contributed by atoms with E-state index in [1.807, 2.05) is 7.05 Å². The van der Waals surface area contributed by atoms with Gasteiger partial charge < -0.3 is 19.6 Å². The average Bonchev–Trinajstić information content (AvgIpc) is 3.52. The Morgan fingerprint density at radius 3 is 2.70 bits per heavy atom. The van der Waals surface area contributed by atoms with Crippen molar-refractivity contribution in [2.75, 3.05) is 57.8 Å². The van der Waals surface area contributed by atoms with E-state index >= 15 is 8.78 Å². The van der Waals surface area contributed by atoms with Crippen molar-refractivity contribution >= 4 is 27.5 Å². The second-order valence-electron chi connectivity index (χ2n) is 11.9. The summed E-state index contributed by atoms with van der Waals surface area (Å²) in [6.07, 6.45) is 2.73. The van der Waals surface area contributed by atoms with Gasteiger partial charge in [0.15, 0.2) is 11.6 Å². The van der Waals surface area contributed by atoms with Crippen LogP contribution in [0.2, 0.25) is 0 Å². The maximum absolute atomic E-state index is 15.1. The smallest absolute Gasteiger partial charge is 0.319 e. The van der Waals surface area contributed by atoms with Crippen LogP contribution in [0.4, 0.5) is 23.4 Å². The molecule has 1 N–H and O–H groups in total. The summed E-state index contributed by atoms with van der Waals surface area (Å²) in [5.74, 6) is -1.85. The Morgan fingerprint density at radius 1 is 1.09 bits per heavy atom. The summed E-state index contributed by atoms with van der Waals surface area (Å²) in [6, 6.07) is 4.93. The van der Waals surface area contributed by atoms with Crippen molar-refractivity contribution in [3.05, 3.63) is 47.7 Å². The summed E-state index contributed by atoms with van der Waals surface area (Å²) >= 11 is 0. The van der Waals surface area contributed by atoms with Gasteiger partial charge in [0.05, 0.1) is 22.1 Å². The number of nitrogens with zero attached hydrogens (tertiary/aromatic N) is 6. The van der Waals surface area contributed by atoms with Gasteiger partial charge in [-0.25, -0.2) is 17.6 Å². The molecule has 2 aromatic heterocycles. The van der Waals surface area contributed by atoms with Gasteiger partial charge in [-0.15, -0.1) is 0 Å². The molecule has 12 heteroatoms. The first-order valence-electron chi connectivity index (χ1n) is 14.6. The lowest BCUT2D eigenvalue weighted by molar-refractivity contribution is 0.107. The van der Waals surface area contributed by atoms with Crippen molar-refractivity contribution in [1.82, 2.24) is 24.8 Å². The van der Waals surface area contributed by atoms with Crippen LogP contribution >= 0.6 is 0 Å². The molecule has 3 aliphatic heterocycles. The predicted octanol–water partition coefficient (Wildman–Crippen LogP) is 5.01. The fourth-order valence-electron chi connectivity index (χ4n) is 7.00. The lowest BCUT2D eigenvalue weighted by Crippen LogP contribution is -2.45. The molecule has 0 radical (unpaired) electrons. The highest BCUT2D eigenvalue weighted by Gasteiger charge is 2.49. The number of phenolic OH excluding ortho intramolecular Hbond substituents is 1. The van der Waals surface area contributed by atoms with E-state index in [2.05, 4.69) is 24.7 Å².